The Morgan fingerprint density at radius 3 is 2.41 bits per heavy atom. The number of amides is 1. The van der Waals surface area contributed by atoms with Crippen molar-refractivity contribution in [1.82, 2.24) is 0 Å². The molecule has 1 aliphatic rings. The largest absolute Gasteiger partial charge is 0.496 e. The van der Waals surface area contributed by atoms with Crippen LogP contribution in [0.25, 0.3) is 0 Å². The first-order valence-electron chi connectivity index (χ1n) is 10.5. The zero-order valence-electron chi connectivity index (χ0n) is 18.7. The van der Waals surface area contributed by atoms with Crippen LogP contribution in [-0.2, 0) is 9.53 Å². The molecule has 1 N–H and O–H groups in total. The second-order valence-electron chi connectivity index (χ2n) is 7.89. The van der Waals surface area contributed by atoms with E-state index in [0.29, 0.717) is 24.7 Å². The Bertz CT molecular complexity index is 1110. The van der Waals surface area contributed by atoms with E-state index in [2.05, 4.69) is 12.2 Å². The van der Waals surface area contributed by atoms with E-state index in [1.807, 2.05) is 4.90 Å². The van der Waals surface area contributed by atoms with Gasteiger partial charge >= 0.3 is 5.97 Å². The van der Waals surface area contributed by atoms with Crippen LogP contribution < -0.4 is 15.0 Å². The number of esters is 1. The van der Waals surface area contributed by atoms with Gasteiger partial charge in [0.25, 0.3) is 17.3 Å². The molecule has 0 radical (unpaired) electrons. The van der Waals surface area contributed by atoms with Gasteiger partial charge in [-0.2, -0.15) is 0 Å². The summed E-state index contributed by atoms with van der Waals surface area (Å²) >= 11 is 0. The van der Waals surface area contributed by atoms with E-state index in [0.717, 1.165) is 25.0 Å². The number of nitro groups is 2. The summed E-state index contributed by atoms with van der Waals surface area (Å²) < 4.78 is 10.0. The van der Waals surface area contributed by atoms with Crippen molar-refractivity contribution in [3.05, 3.63) is 62.2 Å². The number of methoxy groups -OCH3 is 1. The molecule has 12 heteroatoms. The van der Waals surface area contributed by atoms with E-state index in [-0.39, 0.29) is 28.4 Å². The van der Waals surface area contributed by atoms with Crippen LogP contribution in [0.1, 0.15) is 30.1 Å². The molecule has 0 aliphatic carbocycles. The number of nitrogens with zero attached hydrogens (tertiary/aromatic N) is 3. The van der Waals surface area contributed by atoms with Gasteiger partial charge in [0.15, 0.2) is 6.61 Å². The second-order valence-corrected chi connectivity index (χ2v) is 7.89. The number of nitro benzene ring substituents is 2. The van der Waals surface area contributed by atoms with Crippen molar-refractivity contribution in [3.63, 3.8) is 0 Å². The number of anilines is 2. The van der Waals surface area contributed by atoms with Crippen molar-refractivity contribution in [1.29, 1.82) is 0 Å². The lowest BCUT2D eigenvalue weighted by molar-refractivity contribution is -0.384. The van der Waals surface area contributed by atoms with Gasteiger partial charge in [-0.05, 0) is 37.0 Å². The molecule has 3 rings (SSSR count). The molecule has 0 atom stereocenters. The molecule has 0 aromatic heterocycles. The van der Waals surface area contributed by atoms with Gasteiger partial charge in [0.2, 0.25) is 0 Å². The first-order valence-corrected chi connectivity index (χ1v) is 10.5. The van der Waals surface area contributed by atoms with Crippen LogP contribution in [0.3, 0.4) is 0 Å². The van der Waals surface area contributed by atoms with Gasteiger partial charge in [-0.15, -0.1) is 0 Å². The fourth-order valence-electron chi connectivity index (χ4n) is 3.62. The predicted octanol–water partition coefficient (Wildman–Crippen LogP) is 3.54. The van der Waals surface area contributed by atoms with Crippen molar-refractivity contribution >= 4 is 34.6 Å². The molecule has 0 spiro atoms. The molecule has 12 nitrogen and oxygen atoms in total. The molecule has 180 valence electrons. The maximum atomic E-state index is 12.8. The Hall–Kier alpha value is -4.22. The van der Waals surface area contributed by atoms with Crippen LogP contribution in [-0.4, -0.2) is 48.5 Å². The lowest BCUT2D eigenvalue weighted by Gasteiger charge is -2.33. The molecule has 34 heavy (non-hydrogen) atoms. The number of hydrogen-bond acceptors (Lipinski definition) is 9. The minimum atomic E-state index is -0.906. The highest BCUT2D eigenvalue weighted by molar-refractivity contribution is 6.00. The Labute approximate surface area is 194 Å². The number of carbonyl (C=O) groups is 2. The summed E-state index contributed by atoms with van der Waals surface area (Å²) in [7, 11) is 1.35. The molecule has 0 saturated carbocycles. The van der Waals surface area contributed by atoms with E-state index >= 15 is 0 Å². The Kier molecular flexibility index (Phi) is 7.61. The third kappa shape index (κ3) is 5.77. The summed E-state index contributed by atoms with van der Waals surface area (Å²) in [5.74, 6) is -0.936. The Morgan fingerprint density at radius 2 is 1.79 bits per heavy atom. The minimum absolute atomic E-state index is 0.0213. The molecule has 0 bridgehead atoms. The number of hydrogen-bond donors (Lipinski definition) is 1. The van der Waals surface area contributed by atoms with Crippen LogP contribution >= 0.6 is 0 Å². The minimum Gasteiger partial charge on any atom is -0.496 e. The van der Waals surface area contributed by atoms with Gasteiger partial charge < -0.3 is 19.7 Å². The summed E-state index contributed by atoms with van der Waals surface area (Å²) in [5.41, 5.74) is -0.287. The third-order valence-corrected chi connectivity index (χ3v) is 5.55. The maximum absolute atomic E-state index is 12.8. The Morgan fingerprint density at radius 1 is 1.09 bits per heavy atom. The molecule has 1 saturated heterocycles. The lowest BCUT2D eigenvalue weighted by Crippen LogP contribution is -2.34. The fourth-order valence-corrected chi connectivity index (χ4v) is 3.62. The first kappa shape index (κ1) is 24.4. The maximum Gasteiger partial charge on any atom is 0.341 e. The average molecular weight is 472 g/mol. The van der Waals surface area contributed by atoms with Gasteiger partial charge in [0.1, 0.15) is 11.4 Å². The van der Waals surface area contributed by atoms with Crippen LogP contribution in [0.2, 0.25) is 0 Å². The third-order valence-electron chi connectivity index (χ3n) is 5.55. The van der Waals surface area contributed by atoms with Crippen LogP contribution in [0, 0.1) is 26.1 Å². The van der Waals surface area contributed by atoms with Crippen molar-refractivity contribution in [3.8, 4) is 5.75 Å². The molecule has 0 unspecified atom stereocenters. The van der Waals surface area contributed by atoms with Crippen molar-refractivity contribution in [2.24, 2.45) is 5.92 Å². The van der Waals surface area contributed by atoms with Gasteiger partial charge in [0.05, 0.1) is 34.3 Å². The average Bonchev–Trinajstić information content (AvgIpc) is 2.82. The van der Waals surface area contributed by atoms with E-state index in [4.69, 9.17) is 9.47 Å². The zero-order chi connectivity index (χ0) is 24.8. The Balaban J connectivity index is 1.74. The monoisotopic (exact) mass is 472 g/mol. The van der Waals surface area contributed by atoms with Gasteiger partial charge in [-0.1, -0.05) is 6.92 Å². The SMILES string of the molecule is COc1ccc(NC(=O)COC(=O)c2cc([N+](=O)[O-])ccc2N2CCC(C)CC2)c([N+](=O)[O-])c1. The molecule has 1 aliphatic heterocycles. The van der Waals surface area contributed by atoms with Crippen LogP contribution in [0.4, 0.5) is 22.7 Å². The highest BCUT2D eigenvalue weighted by Gasteiger charge is 2.25. The van der Waals surface area contributed by atoms with E-state index in [1.54, 1.807) is 0 Å². The van der Waals surface area contributed by atoms with Crippen LogP contribution in [0.15, 0.2) is 36.4 Å². The van der Waals surface area contributed by atoms with Crippen LogP contribution in [0.5, 0.6) is 5.75 Å². The first-order chi connectivity index (χ1) is 16.2. The normalized spacial score (nSPS) is 13.8. The van der Waals surface area contributed by atoms with E-state index in [1.165, 1.54) is 31.4 Å². The zero-order valence-corrected chi connectivity index (χ0v) is 18.7. The molecule has 2 aromatic carbocycles. The van der Waals surface area contributed by atoms with Gasteiger partial charge in [-0.3, -0.25) is 25.0 Å². The number of piperidine rings is 1. The lowest BCUT2D eigenvalue weighted by atomic mass is 9.98. The summed E-state index contributed by atoms with van der Waals surface area (Å²) in [6.07, 6.45) is 1.82. The quantitative estimate of drug-likeness (QED) is 0.345. The molecule has 1 heterocycles. The number of carbonyl (C=O) groups excluding carboxylic acids is 2. The number of benzene rings is 2. The summed E-state index contributed by atoms with van der Waals surface area (Å²) in [6, 6.07) is 7.83. The smallest absolute Gasteiger partial charge is 0.341 e. The van der Waals surface area contributed by atoms with Gasteiger partial charge in [0, 0.05) is 25.2 Å². The van der Waals surface area contributed by atoms with Crippen molar-refractivity contribution in [2.75, 3.05) is 37.0 Å². The topological polar surface area (TPSA) is 154 Å². The number of ether oxygens (including phenoxy) is 2. The number of rotatable bonds is 8. The van der Waals surface area contributed by atoms with Gasteiger partial charge in [-0.25, -0.2) is 4.79 Å². The highest BCUT2D eigenvalue weighted by atomic mass is 16.6. The molecule has 1 fully saturated rings. The number of nitrogens with one attached hydrogen (secondary N) is 1. The predicted molar refractivity (Wildman–Crippen MR) is 122 cm³/mol. The summed E-state index contributed by atoms with van der Waals surface area (Å²) in [5, 5.41) is 24.8. The molecule has 1 amide bonds. The molecule has 2 aromatic rings. The van der Waals surface area contributed by atoms with Crippen molar-refractivity contribution < 1.29 is 28.9 Å². The van der Waals surface area contributed by atoms with Crippen molar-refractivity contribution in [2.45, 2.75) is 19.8 Å². The van der Waals surface area contributed by atoms with E-state index < -0.39 is 28.3 Å². The summed E-state index contributed by atoms with van der Waals surface area (Å²) in [4.78, 5) is 48.3. The molecular weight excluding hydrogens is 448 g/mol. The molecular formula is C22H24N4O8. The second kappa shape index (κ2) is 10.6. The van der Waals surface area contributed by atoms with E-state index in [9.17, 15) is 29.8 Å². The number of non-ortho nitro benzene ring substituents is 1. The standard InChI is InChI=1S/C22H24N4O8/c1-14-7-9-24(10-8-14)19-6-3-15(25(29)30)11-17(19)22(28)34-13-21(27)23-18-5-4-16(33-2)12-20(18)26(31)32/h3-6,11-12,14H,7-10,13H2,1-2H3,(H,23,27). The fraction of sp³-hybridized carbons (Fsp3) is 0.364. The summed E-state index contributed by atoms with van der Waals surface area (Å²) in [6.45, 7) is 2.76. The highest BCUT2D eigenvalue weighted by Crippen LogP contribution is 2.31.